The number of halogens is 1. The lowest BCUT2D eigenvalue weighted by molar-refractivity contribution is 0.0692. The first kappa shape index (κ1) is 17.2. The number of carbonyl (C=O) groups is 2. The average molecular weight is 378 g/mol. The van der Waals surface area contributed by atoms with Crippen LogP contribution in [0.2, 0.25) is 5.02 Å². The predicted molar refractivity (Wildman–Crippen MR) is 96.2 cm³/mol. The lowest BCUT2D eigenvalue weighted by Crippen LogP contribution is -2.25. The molecule has 0 unspecified atom stereocenters. The van der Waals surface area contributed by atoms with Gasteiger partial charge in [-0.25, -0.2) is 9.59 Å². The maximum Gasteiger partial charge on any atom is 0.351 e. The van der Waals surface area contributed by atoms with E-state index in [1.54, 1.807) is 32.2 Å². The van der Waals surface area contributed by atoms with Crippen molar-refractivity contribution in [1.29, 1.82) is 0 Å². The van der Waals surface area contributed by atoms with Gasteiger partial charge in [0.25, 0.3) is 5.91 Å². The highest BCUT2D eigenvalue weighted by molar-refractivity contribution is 7.22. The fraction of sp³-hybridized carbons (Fsp3) is 0.118. The fourth-order valence-corrected chi connectivity index (χ4v) is 3.39. The van der Waals surface area contributed by atoms with E-state index in [0.717, 1.165) is 16.9 Å². The van der Waals surface area contributed by atoms with Crippen LogP contribution in [-0.2, 0) is 0 Å². The summed E-state index contributed by atoms with van der Waals surface area (Å²) in [6, 6.07) is 7.76. The van der Waals surface area contributed by atoms with Crippen LogP contribution in [0, 0.1) is 6.92 Å². The first-order valence-corrected chi connectivity index (χ1v) is 8.32. The van der Waals surface area contributed by atoms with Crippen LogP contribution < -0.4 is 10.5 Å². The molecule has 1 aromatic carbocycles. The van der Waals surface area contributed by atoms with Crippen LogP contribution >= 0.6 is 22.9 Å². The Morgan fingerprint density at radius 1 is 1.24 bits per heavy atom. The third kappa shape index (κ3) is 3.16. The maximum atomic E-state index is 12.6. The Hall–Kier alpha value is -2.64. The number of carboxylic acid groups (broad SMARTS) is 1. The summed E-state index contributed by atoms with van der Waals surface area (Å²) in [4.78, 5) is 36.7. The number of nitrogens with zero attached hydrogens (tertiary/aromatic N) is 1. The van der Waals surface area contributed by atoms with Crippen LogP contribution in [0.5, 0.6) is 0 Å². The molecule has 1 amide bonds. The normalized spacial score (nSPS) is 10.8. The molecule has 3 rings (SSSR count). The molecule has 6 nitrogen and oxygen atoms in total. The summed E-state index contributed by atoms with van der Waals surface area (Å²) in [5.41, 5.74) is 0.126. The van der Waals surface area contributed by atoms with E-state index in [1.807, 2.05) is 0 Å². The van der Waals surface area contributed by atoms with Gasteiger partial charge in [0, 0.05) is 23.7 Å². The fourth-order valence-electron chi connectivity index (χ4n) is 2.29. The van der Waals surface area contributed by atoms with E-state index < -0.39 is 17.2 Å². The number of hydrogen-bond donors (Lipinski definition) is 1. The van der Waals surface area contributed by atoms with Gasteiger partial charge in [0.1, 0.15) is 10.6 Å². The molecule has 0 aliphatic heterocycles. The second kappa shape index (κ2) is 6.34. The molecule has 2 aromatic heterocycles. The number of rotatable bonds is 3. The maximum absolute atomic E-state index is 12.6. The second-order valence-electron chi connectivity index (χ2n) is 5.39. The molecular formula is C17H12ClNO5S. The molecule has 0 spiro atoms. The Labute approximate surface area is 150 Å². The van der Waals surface area contributed by atoms with E-state index >= 15 is 0 Å². The zero-order valence-corrected chi connectivity index (χ0v) is 14.8. The topological polar surface area (TPSA) is 87.8 Å². The van der Waals surface area contributed by atoms with Crippen molar-refractivity contribution in [2.24, 2.45) is 0 Å². The summed E-state index contributed by atoms with van der Waals surface area (Å²) in [6.45, 7) is 1.81. The van der Waals surface area contributed by atoms with Crippen molar-refractivity contribution in [3.8, 4) is 0 Å². The number of carboxylic acids is 1. The van der Waals surface area contributed by atoms with Gasteiger partial charge >= 0.3 is 11.6 Å². The minimum atomic E-state index is -1.35. The second-order valence-corrected chi connectivity index (χ2v) is 6.86. The summed E-state index contributed by atoms with van der Waals surface area (Å²) in [5.74, 6) is -1.61. The number of carbonyl (C=O) groups excluding carboxylic acids is 1. The largest absolute Gasteiger partial charge is 0.477 e. The molecule has 8 heteroatoms. The van der Waals surface area contributed by atoms with Gasteiger partial charge in [-0.3, -0.25) is 4.79 Å². The molecule has 0 saturated heterocycles. The highest BCUT2D eigenvalue weighted by atomic mass is 35.5. The summed E-state index contributed by atoms with van der Waals surface area (Å²) >= 11 is 7.14. The predicted octanol–water partition coefficient (Wildman–Crippen LogP) is 3.79. The Balaban J connectivity index is 2.00. The third-order valence-electron chi connectivity index (χ3n) is 3.68. The molecule has 0 saturated carbocycles. The van der Waals surface area contributed by atoms with E-state index in [1.165, 1.54) is 17.0 Å². The van der Waals surface area contributed by atoms with Crippen LogP contribution in [0.3, 0.4) is 0 Å². The van der Waals surface area contributed by atoms with Crippen LogP contribution in [0.15, 0.2) is 39.5 Å². The quantitative estimate of drug-likeness (QED) is 0.750. The van der Waals surface area contributed by atoms with E-state index in [4.69, 9.17) is 21.1 Å². The van der Waals surface area contributed by atoms with Gasteiger partial charge in [-0.1, -0.05) is 11.6 Å². The Bertz CT molecular complexity index is 1070. The summed E-state index contributed by atoms with van der Waals surface area (Å²) < 4.78 is 5.50. The van der Waals surface area contributed by atoms with Gasteiger partial charge in [0.05, 0.1) is 4.70 Å². The van der Waals surface area contributed by atoms with Crippen LogP contribution in [0.25, 0.3) is 10.3 Å². The summed E-state index contributed by atoms with van der Waals surface area (Å²) in [7, 11) is 1.59. The van der Waals surface area contributed by atoms with Crippen molar-refractivity contribution in [2.45, 2.75) is 6.92 Å². The molecule has 0 aliphatic carbocycles. The Morgan fingerprint density at radius 3 is 2.60 bits per heavy atom. The number of hydrogen-bond acceptors (Lipinski definition) is 5. The molecule has 3 aromatic rings. The van der Waals surface area contributed by atoms with Crippen LogP contribution in [-0.4, -0.2) is 24.0 Å². The van der Waals surface area contributed by atoms with E-state index in [9.17, 15) is 14.4 Å². The van der Waals surface area contributed by atoms with Gasteiger partial charge in [-0.15, -0.1) is 11.3 Å². The molecule has 0 atom stereocenters. The number of anilines is 1. The minimum absolute atomic E-state index is 0.238. The standard InChI is InChI=1S/C17H12ClNO5S/c1-8-5-9(3-4-11(8)18)15(20)19(2)14-7-12-13(25-14)6-10(16(21)22)17(23)24-12/h3-7H,1-2H3,(H,21,22). The highest BCUT2D eigenvalue weighted by Gasteiger charge is 2.19. The zero-order chi connectivity index (χ0) is 18.3. The SMILES string of the molecule is Cc1cc(C(=O)N(C)c2cc3oc(=O)c(C(=O)O)cc3s2)ccc1Cl. The molecule has 0 aliphatic rings. The summed E-state index contributed by atoms with van der Waals surface area (Å²) in [5, 5.41) is 10.1. The summed E-state index contributed by atoms with van der Waals surface area (Å²) in [6.07, 6.45) is 0. The number of fused-ring (bicyclic) bond motifs is 1. The van der Waals surface area contributed by atoms with Gasteiger partial charge in [0.2, 0.25) is 0 Å². The lowest BCUT2D eigenvalue weighted by atomic mass is 10.1. The van der Waals surface area contributed by atoms with Crippen LogP contribution in [0.4, 0.5) is 5.00 Å². The van der Waals surface area contributed by atoms with Crippen molar-refractivity contribution in [1.82, 2.24) is 0 Å². The number of amides is 1. The molecule has 0 fully saturated rings. The number of thiophene rings is 1. The van der Waals surface area contributed by atoms with Gasteiger partial charge in [-0.2, -0.15) is 0 Å². The average Bonchev–Trinajstić information content (AvgIpc) is 2.97. The van der Waals surface area contributed by atoms with Crippen molar-refractivity contribution in [3.63, 3.8) is 0 Å². The first-order chi connectivity index (χ1) is 11.8. The molecular weight excluding hydrogens is 366 g/mol. The van der Waals surface area contributed by atoms with Crippen molar-refractivity contribution < 1.29 is 19.1 Å². The zero-order valence-electron chi connectivity index (χ0n) is 13.2. The molecule has 1 N–H and O–H groups in total. The van der Waals surface area contributed by atoms with Crippen molar-refractivity contribution in [2.75, 3.05) is 11.9 Å². The molecule has 25 heavy (non-hydrogen) atoms. The highest BCUT2D eigenvalue weighted by Crippen LogP contribution is 2.32. The van der Waals surface area contributed by atoms with Crippen LogP contribution in [0.1, 0.15) is 26.3 Å². The number of aryl methyl sites for hydroxylation is 1. The van der Waals surface area contributed by atoms with Crippen molar-refractivity contribution >= 4 is 50.1 Å². The van der Waals surface area contributed by atoms with E-state index in [2.05, 4.69) is 0 Å². The minimum Gasteiger partial charge on any atom is -0.477 e. The third-order valence-corrected chi connectivity index (χ3v) is 5.24. The Morgan fingerprint density at radius 2 is 1.96 bits per heavy atom. The molecule has 128 valence electrons. The van der Waals surface area contributed by atoms with Crippen molar-refractivity contribution in [3.05, 3.63) is 62.5 Å². The number of aromatic carboxylic acids is 1. The smallest absolute Gasteiger partial charge is 0.351 e. The van der Waals surface area contributed by atoms with Gasteiger partial charge < -0.3 is 14.4 Å². The van der Waals surface area contributed by atoms with E-state index in [0.29, 0.717) is 20.3 Å². The Kier molecular flexibility index (Phi) is 4.36. The molecule has 2 heterocycles. The molecule has 0 radical (unpaired) electrons. The lowest BCUT2D eigenvalue weighted by Gasteiger charge is -2.15. The number of benzene rings is 1. The van der Waals surface area contributed by atoms with Gasteiger partial charge in [0.15, 0.2) is 5.58 Å². The first-order valence-electron chi connectivity index (χ1n) is 7.13. The monoisotopic (exact) mass is 377 g/mol. The van der Waals surface area contributed by atoms with E-state index in [-0.39, 0.29) is 11.5 Å². The van der Waals surface area contributed by atoms with Gasteiger partial charge in [-0.05, 0) is 36.8 Å². The molecule has 0 bridgehead atoms.